The van der Waals surface area contributed by atoms with E-state index in [1.165, 1.54) is 29.5 Å². The van der Waals surface area contributed by atoms with Gasteiger partial charge in [0.15, 0.2) is 0 Å². The number of nitrogens with one attached hydrogen (secondary N) is 1. The van der Waals surface area contributed by atoms with Crippen LogP contribution in [0.1, 0.15) is 24.4 Å². The molecule has 1 fully saturated rings. The minimum absolute atomic E-state index is 0.281. The van der Waals surface area contributed by atoms with Crippen molar-refractivity contribution in [3.05, 3.63) is 60.2 Å². The number of rotatable bonds is 5. The molecule has 0 aliphatic heterocycles. The van der Waals surface area contributed by atoms with Crippen LogP contribution in [0.2, 0.25) is 0 Å². The predicted octanol–water partition coefficient (Wildman–Crippen LogP) is 3.35. The Morgan fingerprint density at radius 3 is 2.10 bits per heavy atom. The molecule has 2 aromatic rings. The smallest absolute Gasteiger partial charge is 0.0386 e. The van der Waals surface area contributed by atoms with Gasteiger partial charge in [0.25, 0.3) is 0 Å². The summed E-state index contributed by atoms with van der Waals surface area (Å²) in [6.07, 6.45) is 2.46. The number of benzene rings is 2. The molecule has 2 aromatic carbocycles. The highest BCUT2D eigenvalue weighted by atomic mass is 14.9. The molecular formula is C18H22N2. The van der Waals surface area contributed by atoms with Crippen LogP contribution in [0, 0.1) is 5.41 Å². The second kappa shape index (κ2) is 5.39. The Kier molecular flexibility index (Phi) is 3.60. The van der Waals surface area contributed by atoms with E-state index in [1.807, 2.05) is 13.1 Å². The average molecular weight is 266 g/mol. The van der Waals surface area contributed by atoms with Crippen LogP contribution in [-0.4, -0.2) is 13.6 Å². The molecule has 0 heterocycles. The topological polar surface area (TPSA) is 38.0 Å². The first-order chi connectivity index (χ1) is 9.79. The molecular weight excluding hydrogens is 244 g/mol. The van der Waals surface area contributed by atoms with Crippen molar-refractivity contribution < 1.29 is 0 Å². The van der Waals surface area contributed by atoms with Crippen LogP contribution in [0.15, 0.2) is 54.6 Å². The fourth-order valence-corrected chi connectivity index (χ4v) is 3.10. The van der Waals surface area contributed by atoms with Crippen molar-refractivity contribution in [1.82, 2.24) is 5.32 Å². The summed E-state index contributed by atoms with van der Waals surface area (Å²) in [6.45, 7) is 0.763. The van der Waals surface area contributed by atoms with Gasteiger partial charge in [-0.3, -0.25) is 0 Å². The molecule has 2 heteroatoms. The Labute approximate surface area is 121 Å². The third kappa shape index (κ3) is 2.37. The maximum atomic E-state index is 5.96. The molecule has 1 atom stereocenters. The van der Waals surface area contributed by atoms with E-state index in [1.54, 1.807) is 0 Å². The zero-order chi connectivity index (χ0) is 14.0. The molecule has 0 amide bonds. The van der Waals surface area contributed by atoms with Gasteiger partial charge in [0.2, 0.25) is 0 Å². The molecule has 2 nitrogen and oxygen atoms in total. The van der Waals surface area contributed by atoms with Crippen LogP contribution < -0.4 is 11.1 Å². The lowest BCUT2D eigenvalue weighted by molar-refractivity contribution is 0.366. The van der Waals surface area contributed by atoms with E-state index in [-0.39, 0.29) is 5.41 Å². The summed E-state index contributed by atoms with van der Waals surface area (Å²) in [7, 11) is 2.03. The average Bonchev–Trinajstić information content (AvgIpc) is 3.31. The van der Waals surface area contributed by atoms with Crippen molar-refractivity contribution in [3.8, 4) is 11.1 Å². The van der Waals surface area contributed by atoms with E-state index in [4.69, 9.17) is 5.73 Å². The second-order valence-corrected chi connectivity index (χ2v) is 5.78. The molecule has 3 N–H and O–H groups in total. The van der Waals surface area contributed by atoms with Crippen LogP contribution in [0.5, 0.6) is 0 Å². The lowest BCUT2D eigenvalue weighted by Gasteiger charge is -2.26. The standard InChI is InChI=1S/C18H22N2/c1-20-17(18(13-19)11-12-18)16-9-7-15(8-10-16)14-5-3-2-4-6-14/h2-10,17,20H,11-13,19H2,1H3. The van der Waals surface area contributed by atoms with Crippen molar-refractivity contribution in [2.45, 2.75) is 18.9 Å². The quantitative estimate of drug-likeness (QED) is 0.871. The summed E-state index contributed by atoms with van der Waals surface area (Å²) in [6, 6.07) is 19.8. The summed E-state index contributed by atoms with van der Waals surface area (Å²) < 4.78 is 0. The molecule has 1 saturated carbocycles. The van der Waals surface area contributed by atoms with Gasteiger partial charge >= 0.3 is 0 Å². The first kappa shape index (κ1) is 13.3. The third-order valence-corrected chi connectivity index (χ3v) is 4.55. The van der Waals surface area contributed by atoms with Crippen molar-refractivity contribution in [1.29, 1.82) is 0 Å². The molecule has 1 aliphatic rings. The van der Waals surface area contributed by atoms with Crippen LogP contribution in [-0.2, 0) is 0 Å². The van der Waals surface area contributed by atoms with Crippen molar-refractivity contribution in [2.24, 2.45) is 11.1 Å². The maximum absolute atomic E-state index is 5.96. The van der Waals surface area contributed by atoms with E-state index in [2.05, 4.69) is 53.8 Å². The predicted molar refractivity (Wildman–Crippen MR) is 84.4 cm³/mol. The van der Waals surface area contributed by atoms with Gasteiger partial charge in [-0.1, -0.05) is 54.6 Å². The molecule has 0 spiro atoms. The molecule has 3 rings (SSSR count). The molecule has 0 radical (unpaired) electrons. The second-order valence-electron chi connectivity index (χ2n) is 5.78. The van der Waals surface area contributed by atoms with Gasteiger partial charge in [-0.05, 0) is 43.1 Å². The van der Waals surface area contributed by atoms with Gasteiger partial charge in [0.05, 0.1) is 0 Å². The van der Waals surface area contributed by atoms with Crippen molar-refractivity contribution in [3.63, 3.8) is 0 Å². The van der Waals surface area contributed by atoms with Gasteiger partial charge in [-0.15, -0.1) is 0 Å². The highest BCUT2D eigenvalue weighted by Gasteiger charge is 2.48. The van der Waals surface area contributed by atoms with Crippen LogP contribution in [0.25, 0.3) is 11.1 Å². The zero-order valence-corrected chi connectivity index (χ0v) is 12.0. The Morgan fingerprint density at radius 1 is 1.00 bits per heavy atom. The van der Waals surface area contributed by atoms with E-state index < -0.39 is 0 Å². The summed E-state index contributed by atoms with van der Waals surface area (Å²) in [5.41, 5.74) is 10.1. The summed E-state index contributed by atoms with van der Waals surface area (Å²) >= 11 is 0. The molecule has 0 aromatic heterocycles. The van der Waals surface area contributed by atoms with Crippen LogP contribution in [0.3, 0.4) is 0 Å². The SMILES string of the molecule is CNC(c1ccc(-c2ccccc2)cc1)C1(CN)CC1. The lowest BCUT2D eigenvalue weighted by atomic mass is 9.89. The molecule has 0 bridgehead atoms. The highest BCUT2D eigenvalue weighted by molar-refractivity contribution is 5.63. The number of hydrogen-bond donors (Lipinski definition) is 2. The Bertz CT molecular complexity index is 556. The van der Waals surface area contributed by atoms with E-state index in [0.29, 0.717) is 6.04 Å². The van der Waals surface area contributed by atoms with Crippen molar-refractivity contribution >= 4 is 0 Å². The Morgan fingerprint density at radius 2 is 1.60 bits per heavy atom. The van der Waals surface area contributed by atoms with E-state index in [0.717, 1.165) is 6.54 Å². The normalized spacial score (nSPS) is 17.7. The minimum Gasteiger partial charge on any atom is -0.330 e. The van der Waals surface area contributed by atoms with Crippen LogP contribution in [0.4, 0.5) is 0 Å². The number of hydrogen-bond acceptors (Lipinski definition) is 2. The monoisotopic (exact) mass is 266 g/mol. The Balaban J connectivity index is 1.86. The number of nitrogens with two attached hydrogens (primary N) is 1. The molecule has 1 aliphatic carbocycles. The first-order valence-electron chi connectivity index (χ1n) is 7.32. The molecule has 104 valence electrons. The van der Waals surface area contributed by atoms with Gasteiger partial charge in [-0.2, -0.15) is 0 Å². The van der Waals surface area contributed by atoms with Gasteiger partial charge in [0, 0.05) is 11.5 Å². The van der Waals surface area contributed by atoms with Gasteiger partial charge in [-0.25, -0.2) is 0 Å². The van der Waals surface area contributed by atoms with E-state index >= 15 is 0 Å². The minimum atomic E-state index is 0.281. The molecule has 0 saturated heterocycles. The highest BCUT2D eigenvalue weighted by Crippen LogP contribution is 2.53. The first-order valence-corrected chi connectivity index (χ1v) is 7.32. The third-order valence-electron chi connectivity index (χ3n) is 4.55. The van der Waals surface area contributed by atoms with Gasteiger partial charge < -0.3 is 11.1 Å². The fourth-order valence-electron chi connectivity index (χ4n) is 3.10. The Hall–Kier alpha value is -1.64. The largest absolute Gasteiger partial charge is 0.330 e. The van der Waals surface area contributed by atoms with Gasteiger partial charge in [0.1, 0.15) is 0 Å². The summed E-state index contributed by atoms with van der Waals surface area (Å²) in [5, 5.41) is 3.45. The van der Waals surface area contributed by atoms with Crippen molar-refractivity contribution in [2.75, 3.05) is 13.6 Å². The zero-order valence-electron chi connectivity index (χ0n) is 12.0. The maximum Gasteiger partial charge on any atom is 0.0386 e. The van der Waals surface area contributed by atoms with E-state index in [9.17, 15) is 0 Å². The summed E-state index contributed by atoms with van der Waals surface area (Å²) in [5.74, 6) is 0. The molecule has 20 heavy (non-hydrogen) atoms. The molecule has 1 unspecified atom stereocenters. The van der Waals surface area contributed by atoms with Crippen LogP contribution >= 0.6 is 0 Å². The summed E-state index contributed by atoms with van der Waals surface area (Å²) in [4.78, 5) is 0. The lowest BCUT2D eigenvalue weighted by Crippen LogP contribution is -2.32. The fraction of sp³-hybridized carbons (Fsp3) is 0.333.